The number of carbonyl (C=O) groups is 1. The third kappa shape index (κ3) is 3.67. The van der Waals surface area contributed by atoms with Crippen LogP contribution in [0.1, 0.15) is 51.0 Å². The molecule has 0 spiro atoms. The van der Waals surface area contributed by atoms with Gasteiger partial charge in [-0.25, -0.2) is 19.7 Å². The number of carboxylic acid groups (broad SMARTS) is 1. The largest absolute Gasteiger partial charge is 0.465 e. The summed E-state index contributed by atoms with van der Waals surface area (Å²) in [6.45, 7) is 8.40. The highest BCUT2D eigenvalue weighted by Crippen LogP contribution is 2.48. The number of aromatic nitrogens is 3. The molecule has 8 heteroatoms. The number of amides is 1. The molecule has 6 rings (SSSR count). The molecule has 1 amide bonds. The molecule has 3 atom stereocenters. The van der Waals surface area contributed by atoms with E-state index in [1.54, 1.807) is 22.6 Å². The number of likely N-dealkylation sites (tertiary alicyclic amines) is 2. The highest BCUT2D eigenvalue weighted by Gasteiger charge is 2.53. The van der Waals surface area contributed by atoms with Crippen LogP contribution >= 0.6 is 11.3 Å². The number of rotatable bonds is 3. The molecular formula is C26H31N5O2S. The van der Waals surface area contributed by atoms with E-state index in [4.69, 9.17) is 4.98 Å². The van der Waals surface area contributed by atoms with E-state index < -0.39 is 6.09 Å². The second-order valence-electron chi connectivity index (χ2n) is 11.3. The number of thiazole rings is 1. The third-order valence-electron chi connectivity index (χ3n) is 8.15. The van der Waals surface area contributed by atoms with Crippen LogP contribution in [-0.2, 0) is 0 Å². The summed E-state index contributed by atoms with van der Waals surface area (Å²) in [5.74, 6) is 0.964. The van der Waals surface area contributed by atoms with E-state index in [-0.39, 0.29) is 17.5 Å². The van der Waals surface area contributed by atoms with Gasteiger partial charge >= 0.3 is 6.09 Å². The van der Waals surface area contributed by atoms with Gasteiger partial charge in [0.05, 0.1) is 21.3 Å². The highest BCUT2D eigenvalue weighted by molar-refractivity contribution is 7.18. The van der Waals surface area contributed by atoms with E-state index in [0.717, 1.165) is 49.0 Å². The molecule has 3 aromatic rings. The van der Waals surface area contributed by atoms with Crippen molar-refractivity contribution in [3.05, 3.63) is 41.9 Å². The van der Waals surface area contributed by atoms with Gasteiger partial charge in [0.15, 0.2) is 0 Å². The Balaban J connectivity index is 1.12. The Morgan fingerprint density at radius 3 is 2.56 bits per heavy atom. The van der Waals surface area contributed by atoms with Crippen molar-refractivity contribution < 1.29 is 9.90 Å². The van der Waals surface area contributed by atoms with Gasteiger partial charge in [-0.15, -0.1) is 11.3 Å². The van der Waals surface area contributed by atoms with E-state index in [9.17, 15) is 9.90 Å². The zero-order chi connectivity index (χ0) is 23.6. The van der Waals surface area contributed by atoms with Crippen LogP contribution < -0.4 is 0 Å². The SMILES string of the molecule is CC(C)(C)C1C[C@@H]2CN([C@H]3C[C@@H](c4nc5ccc(-c6cncnc6)cc5s4)C3)C[C@@H]2N1C(=O)O. The maximum Gasteiger partial charge on any atom is 0.407 e. The van der Waals surface area contributed by atoms with Crippen molar-refractivity contribution in [2.24, 2.45) is 11.3 Å². The minimum atomic E-state index is -0.753. The lowest BCUT2D eigenvalue weighted by atomic mass is 9.79. The fraction of sp³-hybridized carbons (Fsp3) is 0.538. The van der Waals surface area contributed by atoms with E-state index in [1.807, 2.05) is 12.4 Å². The molecule has 2 saturated heterocycles. The Labute approximate surface area is 203 Å². The van der Waals surface area contributed by atoms with Crippen LogP contribution in [0, 0.1) is 11.3 Å². The zero-order valence-electron chi connectivity index (χ0n) is 19.9. The average Bonchev–Trinajstić information content (AvgIpc) is 3.44. The highest BCUT2D eigenvalue weighted by atomic mass is 32.1. The van der Waals surface area contributed by atoms with Crippen LogP contribution in [0.2, 0.25) is 0 Å². The quantitative estimate of drug-likeness (QED) is 0.565. The summed E-state index contributed by atoms with van der Waals surface area (Å²) in [7, 11) is 0. The van der Waals surface area contributed by atoms with Crippen LogP contribution in [0.4, 0.5) is 4.79 Å². The van der Waals surface area contributed by atoms with E-state index >= 15 is 0 Å². The number of nitrogens with zero attached hydrogens (tertiary/aromatic N) is 5. The molecule has 4 heterocycles. The van der Waals surface area contributed by atoms with Gasteiger partial charge in [0.1, 0.15) is 6.33 Å². The standard InChI is InChI=1S/C26H31N5O2S/c1-26(2,3)23-9-17-12-30(13-21(17)31(23)25(32)33)19-6-16(7-19)24-29-20-5-4-15(8-22(20)34-24)18-10-27-14-28-11-18/h4-5,8,10-11,14,16-17,19,21,23H,6-7,9,12-13H2,1-3H3,(H,32,33)/t16-,17-,19+,21+,23?/m1/s1. The average molecular weight is 478 g/mol. The lowest BCUT2D eigenvalue weighted by Crippen LogP contribution is -2.50. The molecule has 7 nitrogen and oxygen atoms in total. The molecular weight excluding hydrogens is 446 g/mol. The molecule has 1 aliphatic carbocycles. The molecule has 2 aromatic heterocycles. The molecule has 1 unspecified atom stereocenters. The van der Waals surface area contributed by atoms with Crippen molar-refractivity contribution in [1.82, 2.24) is 24.8 Å². The minimum Gasteiger partial charge on any atom is -0.465 e. The first-order chi connectivity index (χ1) is 16.3. The second-order valence-corrected chi connectivity index (χ2v) is 12.3. The van der Waals surface area contributed by atoms with Crippen LogP contribution in [-0.4, -0.2) is 67.2 Å². The Kier molecular flexibility index (Phi) is 5.15. The van der Waals surface area contributed by atoms with Crippen molar-refractivity contribution in [3.63, 3.8) is 0 Å². The van der Waals surface area contributed by atoms with Gasteiger partial charge < -0.3 is 10.0 Å². The minimum absolute atomic E-state index is 0.0185. The summed E-state index contributed by atoms with van der Waals surface area (Å²) in [6, 6.07) is 7.19. The topological polar surface area (TPSA) is 82.5 Å². The van der Waals surface area contributed by atoms with Crippen LogP contribution in [0.3, 0.4) is 0 Å². The van der Waals surface area contributed by atoms with Crippen molar-refractivity contribution in [1.29, 1.82) is 0 Å². The molecule has 0 bridgehead atoms. The summed E-state index contributed by atoms with van der Waals surface area (Å²) >= 11 is 1.80. The van der Waals surface area contributed by atoms with E-state index in [1.165, 1.54) is 9.71 Å². The predicted molar refractivity (Wildman–Crippen MR) is 133 cm³/mol. The molecule has 3 fully saturated rings. The third-order valence-corrected chi connectivity index (χ3v) is 9.33. The molecule has 0 radical (unpaired) electrons. The van der Waals surface area contributed by atoms with Crippen LogP contribution in [0.15, 0.2) is 36.9 Å². The Morgan fingerprint density at radius 1 is 1.09 bits per heavy atom. The number of hydrogen-bond acceptors (Lipinski definition) is 6. The Bertz CT molecular complexity index is 1220. The summed E-state index contributed by atoms with van der Waals surface area (Å²) in [6.07, 6.45) is 7.70. The first-order valence-electron chi connectivity index (χ1n) is 12.2. The normalized spacial score (nSPS) is 29.4. The second kappa shape index (κ2) is 7.99. The van der Waals surface area contributed by atoms with Crippen LogP contribution in [0.5, 0.6) is 0 Å². The van der Waals surface area contributed by atoms with Gasteiger partial charge in [-0.1, -0.05) is 26.8 Å². The molecule has 2 aliphatic heterocycles. The first kappa shape index (κ1) is 21.9. The first-order valence-corrected chi connectivity index (χ1v) is 13.0. The molecule has 1 aromatic carbocycles. The smallest absolute Gasteiger partial charge is 0.407 e. The van der Waals surface area contributed by atoms with Crippen molar-refractivity contribution >= 4 is 27.6 Å². The fourth-order valence-corrected chi connectivity index (χ4v) is 7.37. The van der Waals surface area contributed by atoms with Crippen LogP contribution in [0.25, 0.3) is 21.3 Å². The van der Waals surface area contributed by atoms with Gasteiger partial charge in [-0.2, -0.15) is 0 Å². The lowest BCUT2D eigenvalue weighted by Gasteiger charge is -2.42. The maximum atomic E-state index is 12.1. The zero-order valence-corrected chi connectivity index (χ0v) is 20.7. The van der Waals surface area contributed by atoms with Crippen molar-refractivity contribution in [2.75, 3.05) is 13.1 Å². The van der Waals surface area contributed by atoms with E-state index in [2.05, 4.69) is 53.8 Å². The Hall–Kier alpha value is -2.58. The monoisotopic (exact) mass is 477 g/mol. The molecule has 3 aliphatic rings. The number of hydrogen-bond donors (Lipinski definition) is 1. The number of benzene rings is 1. The van der Waals surface area contributed by atoms with Gasteiger partial charge in [-0.3, -0.25) is 4.90 Å². The maximum absolute atomic E-state index is 12.1. The van der Waals surface area contributed by atoms with Crippen molar-refractivity contribution in [3.8, 4) is 11.1 Å². The lowest BCUT2D eigenvalue weighted by molar-refractivity contribution is 0.0691. The van der Waals surface area contributed by atoms with E-state index in [0.29, 0.717) is 17.9 Å². The molecule has 34 heavy (non-hydrogen) atoms. The van der Waals surface area contributed by atoms with Gasteiger partial charge in [0.2, 0.25) is 0 Å². The number of fused-ring (bicyclic) bond motifs is 2. The summed E-state index contributed by atoms with van der Waals surface area (Å²) in [5, 5.41) is 11.2. The van der Waals surface area contributed by atoms with Gasteiger partial charge in [0.25, 0.3) is 0 Å². The van der Waals surface area contributed by atoms with Gasteiger partial charge in [0, 0.05) is 49.0 Å². The van der Waals surface area contributed by atoms with Gasteiger partial charge in [-0.05, 0) is 48.3 Å². The Morgan fingerprint density at radius 2 is 1.85 bits per heavy atom. The van der Waals surface area contributed by atoms with Crippen molar-refractivity contribution in [2.45, 2.75) is 64.1 Å². The summed E-state index contributed by atoms with van der Waals surface area (Å²) < 4.78 is 1.21. The molecule has 1 saturated carbocycles. The molecule has 1 N–H and O–H groups in total. The summed E-state index contributed by atoms with van der Waals surface area (Å²) in [5.41, 5.74) is 3.18. The summed E-state index contributed by atoms with van der Waals surface area (Å²) in [4.78, 5) is 29.6. The molecule has 178 valence electrons. The fourth-order valence-electron chi connectivity index (χ4n) is 6.24. The predicted octanol–water partition coefficient (Wildman–Crippen LogP) is 5.10.